The molecule has 1 rings (SSSR count). The summed E-state index contributed by atoms with van der Waals surface area (Å²) in [7, 11) is 1.41. The van der Waals surface area contributed by atoms with Crippen molar-refractivity contribution < 1.29 is 9.94 Å². The van der Waals surface area contributed by atoms with Crippen molar-refractivity contribution in [3.8, 4) is 0 Å². The SMILES string of the molecule is Cc1cccc(N(C)O)[n+]1[O-]. The maximum absolute atomic E-state index is 11.1. The molecule has 0 saturated carbocycles. The lowest BCUT2D eigenvalue weighted by atomic mass is 10.4. The average Bonchev–Trinajstić information content (AvgIpc) is 1.94. The quantitative estimate of drug-likeness (QED) is 0.363. The van der Waals surface area contributed by atoms with Gasteiger partial charge in [-0.05, 0) is 13.0 Å². The van der Waals surface area contributed by atoms with Crippen molar-refractivity contribution in [3.63, 3.8) is 0 Å². The Bertz CT molecular complexity index is 261. The van der Waals surface area contributed by atoms with Gasteiger partial charge in [0.05, 0.1) is 0 Å². The molecule has 0 amide bonds. The number of aryl methyl sites for hydroxylation is 1. The third-order valence-electron chi connectivity index (χ3n) is 1.44. The molecular weight excluding hydrogens is 144 g/mol. The average molecular weight is 154 g/mol. The first-order chi connectivity index (χ1) is 5.13. The molecule has 0 fully saturated rings. The van der Waals surface area contributed by atoms with Crippen molar-refractivity contribution in [2.75, 3.05) is 12.1 Å². The summed E-state index contributed by atoms with van der Waals surface area (Å²) < 4.78 is 0.667. The number of hydroxylamine groups is 1. The predicted octanol–water partition coefficient (Wildman–Crippen LogP) is 0.454. The Hall–Kier alpha value is -1.29. The van der Waals surface area contributed by atoms with Gasteiger partial charge < -0.3 is 5.21 Å². The number of hydrogen-bond donors (Lipinski definition) is 1. The normalized spacial score (nSPS) is 9.73. The highest BCUT2D eigenvalue weighted by Crippen LogP contribution is 2.03. The van der Waals surface area contributed by atoms with Crippen LogP contribution in [0.1, 0.15) is 5.69 Å². The van der Waals surface area contributed by atoms with Gasteiger partial charge in [-0.15, -0.1) is 5.06 Å². The summed E-state index contributed by atoms with van der Waals surface area (Å²) in [5.41, 5.74) is 0.559. The molecule has 4 heteroatoms. The van der Waals surface area contributed by atoms with Crippen LogP contribution in [0.5, 0.6) is 0 Å². The highest BCUT2D eigenvalue weighted by molar-refractivity contribution is 5.27. The maximum Gasteiger partial charge on any atom is 0.309 e. The van der Waals surface area contributed by atoms with Crippen molar-refractivity contribution in [2.24, 2.45) is 0 Å². The van der Waals surface area contributed by atoms with Crippen LogP contribution in [0.3, 0.4) is 0 Å². The fraction of sp³-hybridized carbons (Fsp3) is 0.286. The standard InChI is InChI=1S/C7H10N2O2/c1-6-4-3-5-7(8(2)10)9(6)11/h3-5,10H,1-2H3. The number of anilines is 1. The molecule has 0 aliphatic rings. The maximum atomic E-state index is 11.1. The summed E-state index contributed by atoms with van der Waals surface area (Å²) >= 11 is 0. The van der Waals surface area contributed by atoms with Crippen LogP contribution in [0.15, 0.2) is 18.2 Å². The highest BCUT2D eigenvalue weighted by atomic mass is 16.5. The van der Waals surface area contributed by atoms with E-state index in [9.17, 15) is 5.21 Å². The van der Waals surface area contributed by atoms with Gasteiger partial charge in [0.1, 0.15) is 12.7 Å². The fourth-order valence-corrected chi connectivity index (χ4v) is 0.829. The largest absolute Gasteiger partial charge is 0.710 e. The Morgan fingerprint density at radius 2 is 2.18 bits per heavy atom. The van der Waals surface area contributed by atoms with Gasteiger partial charge in [0.15, 0.2) is 0 Å². The third kappa shape index (κ3) is 1.40. The molecule has 4 nitrogen and oxygen atoms in total. The van der Waals surface area contributed by atoms with E-state index in [4.69, 9.17) is 5.21 Å². The Morgan fingerprint density at radius 3 is 2.64 bits per heavy atom. The summed E-state index contributed by atoms with van der Waals surface area (Å²) in [6.07, 6.45) is 0. The summed E-state index contributed by atoms with van der Waals surface area (Å²) in [6, 6.07) is 4.94. The molecule has 11 heavy (non-hydrogen) atoms. The monoisotopic (exact) mass is 154 g/mol. The Kier molecular flexibility index (Phi) is 1.96. The van der Waals surface area contributed by atoms with Gasteiger partial charge in [-0.1, -0.05) is 6.07 Å². The Balaban J connectivity index is 3.17. The van der Waals surface area contributed by atoms with Crippen LogP contribution >= 0.6 is 0 Å². The first-order valence-corrected chi connectivity index (χ1v) is 3.24. The van der Waals surface area contributed by atoms with E-state index in [2.05, 4.69) is 0 Å². The molecular formula is C7H10N2O2. The smallest absolute Gasteiger partial charge is 0.309 e. The molecule has 0 bridgehead atoms. The van der Waals surface area contributed by atoms with Gasteiger partial charge in [-0.3, -0.25) is 0 Å². The van der Waals surface area contributed by atoms with Crippen LogP contribution in [-0.2, 0) is 0 Å². The Labute approximate surface area is 64.8 Å². The number of nitrogens with zero attached hydrogens (tertiary/aromatic N) is 2. The lowest BCUT2D eigenvalue weighted by molar-refractivity contribution is -0.601. The van der Waals surface area contributed by atoms with Crippen LogP contribution in [0.4, 0.5) is 5.82 Å². The number of rotatable bonds is 1. The van der Waals surface area contributed by atoms with Crippen LogP contribution in [-0.4, -0.2) is 12.3 Å². The molecule has 1 aromatic rings. The molecule has 1 aromatic heterocycles. The third-order valence-corrected chi connectivity index (χ3v) is 1.44. The van der Waals surface area contributed by atoms with E-state index in [1.165, 1.54) is 7.05 Å². The number of pyridine rings is 1. The van der Waals surface area contributed by atoms with Crippen LogP contribution < -0.4 is 9.79 Å². The van der Waals surface area contributed by atoms with Crippen LogP contribution in [0, 0.1) is 12.1 Å². The van der Waals surface area contributed by atoms with Crippen molar-refractivity contribution in [2.45, 2.75) is 6.92 Å². The minimum absolute atomic E-state index is 0.227. The number of aromatic nitrogens is 1. The van der Waals surface area contributed by atoms with Crippen LogP contribution in [0.25, 0.3) is 0 Å². The van der Waals surface area contributed by atoms with Gasteiger partial charge in [0.25, 0.3) is 0 Å². The van der Waals surface area contributed by atoms with Gasteiger partial charge in [-0.2, -0.15) is 0 Å². The molecule has 1 N–H and O–H groups in total. The second-order valence-electron chi connectivity index (χ2n) is 2.34. The van der Waals surface area contributed by atoms with Crippen LogP contribution in [0.2, 0.25) is 0 Å². The summed E-state index contributed by atoms with van der Waals surface area (Å²) in [5, 5.41) is 20.9. The molecule has 1 heterocycles. The zero-order valence-electron chi connectivity index (χ0n) is 6.48. The van der Waals surface area contributed by atoms with Gasteiger partial charge in [0.2, 0.25) is 0 Å². The molecule has 0 aliphatic carbocycles. The molecule has 0 atom stereocenters. The second kappa shape index (κ2) is 2.75. The van der Waals surface area contributed by atoms with Gasteiger partial charge >= 0.3 is 5.82 Å². The Morgan fingerprint density at radius 1 is 1.55 bits per heavy atom. The summed E-state index contributed by atoms with van der Waals surface area (Å²) in [6.45, 7) is 1.68. The first-order valence-electron chi connectivity index (χ1n) is 3.24. The number of hydrogen-bond acceptors (Lipinski definition) is 3. The van der Waals surface area contributed by atoms with Crippen molar-refractivity contribution in [1.29, 1.82) is 0 Å². The first kappa shape index (κ1) is 7.81. The minimum Gasteiger partial charge on any atom is -0.710 e. The molecule has 0 spiro atoms. The summed E-state index contributed by atoms with van der Waals surface area (Å²) in [5.74, 6) is 0.227. The minimum atomic E-state index is 0.227. The second-order valence-corrected chi connectivity index (χ2v) is 2.34. The van der Waals surface area contributed by atoms with Gasteiger partial charge in [0, 0.05) is 6.07 Å². The van der Waals surface area contributed by atoms with Crippen molar-refractivity contribution in [3.05, 3.63) is 29.1 Å². The van der Waals surface area contributed by atoms with Crippen molar-refractivity contribution in [1.82, 2.24) is 0 Å². The molecule has 0 aliphatic heterocycles. The molecule has 60 valence electrons. The lowest BCUT2D eigenvalue weighted by Gasteiger charge is -2.12. The predicted molar refractivity (Wildman–Crippen MR) is 40.3 cm³/mol. The van der Waals surface area contributed by atoms with E-state index in [0.29, 0.717) is 10.4 Å². The summed E-state index contributed by atoms with van der Waals surface area (Å²) in [4.78, 5) is 0. The molecule has 0 radical (unpaired) electrons. The zero-order valence-corrected chi connectivity index (χ0v) is 6.48. The fourth-order valence-electron chi connectivity index (χ4n) is 0.829. The molecule has 0 saturated heterocycles. The van der Waals surface area contributed by atoms with E-state index in [-0.39, 0.29) is 5.82 Å². The van der Waals surface area contributed by atoms with E-state index >= 15 is 0 Å². The zero-order chi connectivity index (χ0) is 8.43. The van der Waals surface area contributed by atoms with Gasteiger partial charge in [-0.25, -0.2) is 9.94 Å². The highest BCUT2D eigenvalue weighted by Gasteiger charge is 2.08. The van der Waals surface area contributed by atoms with E-state index in [0.717, 1.165) is 5.06 Å². The van der Waals surface area contributed by atoms with E-state index in [1.54, 1.807) is 25.1 Å². The van der Waals surface area contributed by atoms with Crippen molar-refractivity contribution >= 4 is 5.82 Å². The lowest BCUT2D eigenvalue weighted by Crippen LogP contribution is -2.37. The van der Waals surface area contributed by atoms with E-state index in [1.807, 2.05) is 0 Å². The molecule has 0 unspecified atom stereocenters. The molecule has 0 aromatic carbocycles. The topological polar surface area (TPSA) is 50.4 Å². The van der Waals surface area contributed by atoms with E-state index < -0.39 is 0 Å².